The summed E-state index contributed by atoms with van der Waals surface area (Å²) >= 11 is 3.35. The highest BCUT2D eigenvalue weighted by atomic mass is 79.9. The Morgan fingerprint density at radius 1 is 1.09 bits per heavy atom. The Bertz CT molecular complexity index is 2210. The van der Waals surface area contributed by atoms with Crippen LogP contribution in [0.25, 0.3) is 33.5 Å². The molecule has 6 aromatic rings. The molecule has 0 unspecified atom stereocenters. The highest BCUT2D eigenvalue weighted by molar-refractivity contribution is 9.10. The third-order valence-electron chi connectivity index (χ3n) is 6.86. The van der Waals surface area contributed by atoms with Crippen LogP contribution >= 0.6 is 15.9 Å². The fraction of sp³-hybridized carbons (Fsp3) is 0.0625. The maximum atomic E-state index is 13.6. The number of carboxylic acid groups (broad SMARTS) is 1. The lowest BCUT2D eigenvalue weighted by atomic mass is 10.1. The second kappa shape index (κ2) is 12.1. The average Bonchev–Trinajstić information content (AvgIpc) is 3.48. The van der Waals surface area contributed by atoms with E-state index in [1.54, 1.807) is 73.8 Å². The molecule has 0 fully saturated rings. The first-order chi connectivity index (χ1) is 21.7. The lowest BCUT2D eigenvalue weighted by Gasteiger charge is -2.10. The van der Waals surface area contributed by atoms with Gasteiger partial charge in [-0.3, -0.25) is 14.9 Å². The molecule has 224 valence electrons. The molecule has 0 aliphatic rings. The molecule has 12 nitrogen and oxygen atoms in total. The molecule has 0 saturated carbocycles. The molecule has 0 amide bonds. The van der Waals surface area contributed by atoms with Gasteiger partial charge in [-0.1, -0.05) is 30.3 Å². The quantitative estimate of drug-likeness (QED) is 0.101. The van der Waals surface area contributed by atoms with Crippen molar-refractivity contribution in [3.63, 3.8) is 0 Å². The first-order valence-electron chi connectivity index (χ1n) is 13.3. The van der Waals surface area contributed by atoms with E-state index in [1.165, 1.54) is 24.4 Å². The summed E-state index contributed by atoms with van der Waals surface area (Å²) in [5, 5.41) is 26.5. The predicted octanol–water partition coefficient (Wildman–Crippen LogP) is 6.65. The fourth-order valence-electron chi connectivity index (χ4n) is 4.69. The van der Waals surface area contributed by atoms with E-state index in [-0.39, 0.29) is 39.7 Å². The standard InChI is InChI=1S/C32H21BrN4O8/c1-43-26-7-4-8-27-22(26)15-28(45-27)30-35-24-6-3-2-5-21(24)31(38)36(30)34-16-19-13-23(33)29(25(14-19)37(41)42)44-17-18-9-11-20(12-10-18)32(39)40/h2-16H,17H2,1H3,(H,39,40). The molecule has 2 heterocycles. The van der Waals surface area contributed by atoms with E-state index in [9.17, 15) is 19.7 Å². The molecule has 0 spiro atoms. The number of furan rings is 1. The topological polar surface area (TPSA) is 159 Å². The van der Waals surface area contributed by atoms with Crippen molar-refractivity contribution >= 4 is 55.7 Å². The van der Waals surface area contributed by atoms with E-state index in [4.69, 9.17) is 19.0 Å². The number of fused-ring (bicyclic) bond motifs is 2. The molecular weight excluding hydrogens is 648 g/mol. The number of nitro benzene ring substituents is 1. The summed E-state index contributed by atoms with van der Waals surface area (Å²) in [4.78, 5) is 40.8. The summed E-state index contributed by atoms with van der Waals surface area (Å²) in [5.74, 6) is -0.124. The zero-order chi connectivity index (χ0) is 31.7. The number of halogens is 1. The van der Waals surface area contributed by atoms with Crippen molar-refractivity contribution in [1.29, 1.82) is 0 Å². The molecule has 0 radical (unpaired) electrons. The van der Waals surface area contributed by atoms with Crippen molar-refractivity contribution in [2.24, 2.45) is 5.10 Å². The van der Waals surface area contributed by atoms with Crippen LogP contribution in [0.2, 0.25) is 0 Å². The van der Waals surface area contributed by atoms with E-state index in [0.29, 0.717) is 38.7 Å². The SMILES string of the molecule is COc1cccc2oc(-c3nc4ccccc4c(=O)n3N=Cc3cc(Br)c(OCc4ccc(C(=O)O)cc4)c([N+](=O)[O-])c3)cc12. The Balaban J connectivity index is 1.39. The van der Waals surface area contributed by atoms with Crippen molar-refractivity contribution in [3.8, 4) is 23.1 Å². The van der Waals surface area contributed by atoms with Crippen LogP contribution in [-0.4, -0.2) is 39.0 Å². The van der Waals surface area contributed by atoms with E-state index in [2.05, 4.69) is 26.0 Å². The fourth-order valence-corrected chi connectivity index (χ4v) is 5.27. The number of aromatic nitrogens is 2. The van der Waals surface area contributed by atoms with Crippen LogP contribution in [0.5, 0.6) is 11.5 Å². The minimum Gasteiger partial charge on any atom is -0.496 e. The third kappa shape index (κ3) is 5.76. The Morgan fingerprint density at radius 3 is 2.60 bits per heavy atom. The highest BCUT2D eigenvalue weighted by Gasteiger charge is 2.21. The van der Waals surface area contributed by atoms with Crippen LogP contribution in [0.15, 0.2) is 104 Å². The molecule has 0 saturated heterocycles. The molecule has 45 heavy (non-hydrogen) atoms. The van der Waals surface area contributed by atoms with E-state index < -0.39 is 16.5 Å². The van der Waals surface area contributed by atoms with Gasteiger partial charge in [-0.15, -0.1) is 0 Å². The molecule has 0 atom stereocenters. The molecule has 0 aliphatic heterocycles. The largest absolute Gasteiger partial charge is 0.496 e. The Labute approximate surface area is 262 Å². The summed E-state index contributed by atoms with van der Waals surface area (Å²) in [5.41, 5.74) is 1.17. The summed E-state index contributed by atoms with van der Waals surface area (Å²) in [6.45, 7) is -0.0451. The summed E-state index contributed by atoms with van der Waals surface area (Å²) < 4.78 is 18.6. The Morgan fingerprint density at radius 2 is 1.87 bits per heavy atom. The van der Waals surface area contributed by atoms with Crippen LogP contribution < -0.4 is 15.0 Å². The van der Waals surface area contributed by atoms with Crippen molar-refractivity contribution in [3.05, 3.63) is 127 Å². The van der Waals surface area contributed by atoms with Crippen LogP contribution in [-0.2, 0) is 6.61 Å². The van der Waals surface area contributed by atoms with Gasteiger partial charge in [0.25, 0.3) is 5.56 Å². The number of methoxy groups -OCH3 is 1. The predicted molar refractivity (Wildman–Crippen MR) is 169 cm³/mol. The van der Waals surface area contributed by atoms with E-state index in [0.717, 1.165) is 4.68 Å². The first-order valence-corrected chi connectivity index (χ1v) is 14.1. The van der Waals surface area contributed by atoms with E-state index in [1.807, 2.05) is 0 Å². The van der Waals surface area contributed by atoms with Gasteiger partial charge in [0, 0.05) is 11.6 Å². The number of benzene rings is 4. The molecule has 1 N–H and O–H groups in total. The minimum atomic E-state index is -1.07. The number of carbonyl (C=O) groups is 1. The van der Waals surface area contributed by atoms with Gasteiger partial charge in [-0.25, -0.2) is 9.78 Å². The Hall–Kier alpha value is -5.82. The molecule has 0 aliphatic carbocycles. The van der Waals surface area contributed by atoms with Crippen LogP contribution in [0.4, 0.5) is 5.69 Å². The molecule has 13 heteroatoms. The zero-order valence-corrected chi connectivity index (χ0v) is 24.9. The summed E-state index contributed by atoms with van der Waals surface area (Å²) in [6.07, 6.45) is 1.30. The van der Waals surface area contributed by atoms with Crippen molar-refractivity contribution in [1.82, 2.24) is 9.66 Å². The number of aromatic carboxylic acids is 1. The summed E-state index contributed by atoms with van der Waals surface area (Å²) in [6, 6.07) is 22.6. The number of hydrogen-bond acceptors (Lipinski definition) is 9. The maximum Gasteiger partial charge on any atom is 0.335 e. The lowest BCUT2D eigenvalue weighted by molar-refractivity contribution is -0.386. The summed E-state index contributed by atoms with van der Waals surface area (Å²) in [7, 11) is 1.54. The second-order valence-electron chi connectivity index (χ2n) is 9.70. The van der Waals surface area contributed by atoms with E-state index >= 15 is 0 Å². The second-order valence-corrected chi connectivity index (χ2v) is 10.5. The normalized spacial score (nSPS) is 11.3. The van der Waals surface area contributed by atoms with Gasteiger partial charge < -0.3 is 19.0 Å². The number of ether oxygens (including phenoxy) is 2. The zero-order valence-electron chi connectivity index (χ0n) is 23.3. The molecule has 6 rings (SSSR count). The number of nitrogens with zero attached hydrogens (tertiary/aromatic N) is 4. The first kappa shape index (κ1) is 29.3. The van der Waals surface area contributed by atoms with Crippen LogP contribution in [0, 0.1) is 10.1 Å². The van der Waals surface area contributed by atoms with Crippen molar-refractivity contribution < 1.29 is 28.7 Å². The van der Waals surface area contributed by atoms with Gasteiger partial charge in [-0.05, 0) is 70.0 Å². The van der Waals surface area contributed by atoms with Crippen molar-refractivity contribution in [2.75, 3.05) is 7.11 Å². The number of rotatable bonds is 9. The Kier molecular flexibility index (Phi) is 7.84. The van der Waals surface area contributed by atoms with Crippen LogP contribution in [0.1, 0.15) is 21.5 Å². The number of nitro groups is 1. The van der Waals surface area contributed by atoms with Crippen LogP contribution in [0.3, 0.4) is 0 Å². The monoisotopic (exact) mass is 668 g/mol. The van der Waals surface area contributed by atoms with Gasteiger partial charge in [0.1, 0.15) is 17.9 Å². The average molecular weight is 669 g/mol. The highest BCUT2D eigenvalue weighted by Crippen LogP contribution is 2.37. The maximum absolute atomic E-state index is 13.6. The number of carboxylic acids is 1. The lowest BCUT2D eigenvalue weighted by Crippen LogP contribution is -2.20. The number of para-hydroxylation sites is 1. The van der Waals surface area contributed by atoms with Gasteiger partial charge >= 0.3 is 11.7 Å². The molecule has 0 bridgehead atoms. The van der Waals surface area contributed by atoms with Gasteiger partial charge in [0.05, 0.1) is 44.6 Å². The van der Waals surface area contributed by atoms with Gasteiger partial charge in [-0.2, -0.15) is 9.78 Å². The third-order valence-corrected chi connectivity index (χ3v) is 7.45. The van der Waals surface area contributed by atoms with Gasteiger partial charge in [0.2, 0.25) is 11.6 Å². The smallest absolute Gasteiger partial charge is 0.335 e. The molecule has 2 aromatic heterocycles. The number of hydrogen-bond donors (Lipinski definition) is 1. The minimum absolute atomic E-state index is 0.0269. The molecule has 4 aromatic carbocycles. The molecular formula is C32H21BrN4O8. The van der Waals surface area contributed by atoms with Crippen molar-refractivity contribution in [2.45, 2.75) is 6.61 Å². The van der Waals surface area contributed by atoms with Gasteiger partial charge in [0.15, 0.2) is 5.76 Å².